The van der Waals surface area contributed by atoms with Gasteiger partial charge in [0.25, 0.3) is 0 Å². The molecule has 0 aromatic heterocycles. The third-order valence-electron chi connectivity index (χ3n) is 4.32. The van der Waals surface area contributed by atoms with Crippen LogP contribution in [0.25, 0.3) is 0 Å². The number of ether oxygens (including phenoxy) is 2. The zero-order valence-corrected chi connectivity index (χ0v) is 16.8. The maximum absolute atomic E-state index is 11.7. The fourth-order valence-electron chi connectivity index (χ4n) is 2.72. The van der Waals surface area contributed by atoms with E-state index in [-0.39, 0.29) is 18.0 Å². The molecule has 0 N–H and O–H groups in total. The van der Waals surface area contributed by atoms with Gasteiger partial charge < -0.3 is 9.47 Å². The first kappa shape index (κ1) is 23.9. The molecule has 0 radical (unpaired) electrons. The van der Waals surface area contributed by atoms with Gasteiger partial charge in [-0.1, -0.05) is 65.2 Å². The third kappa shape index (κ3) is 17.6. The summed E-state index contributed by atoms with van der Waals surface area (Å²) < 4.78 is 10.6. The Hall–Kier alpha value is -1.06. The molecule has 0 aliphatic rings. The van der Waals surface area contributed by atoms with E-state index in [0.29, 0.717) is 25.9 Å². The van der Waals surface area contributed by atoms with E-state index in [4.69, 9.17) is 9.47 Å². The van der Waals surface area contributed by atoms with E-state index in [1.54, 1.807) is 0 Å². The van der Waals surface area contributed by atoms with Gasteiger partial charge in [0.15, 0.2) is 0 Å². The summed E-state index contributed by atoms with van der Waals surface area (Å²) >= 11 is 0. The van der Waals surface area contributed by atoms with Crippen LogP contribution in [0.4, 0.5) is 0 Å². The normalized spacial score (nSPS) is 12.0. The third-order valence-corrected chi connectivity index (χ3v) is 4.32. The molecule has 0 amide bonds. The van der Waals surface area contributed by atoms with Crippen LogP contribution in [0.5, 0.6) is 0 Å². The number of hydrogen-bond acceptors (Lipinski definition) is 4. The highest BCUT2D eigenvalue weighted by molar-refractivity contribution is 5.72. The van der Waals surface area contributed by atoms with Gasteiger partial charge in [-0.05, 0) is 32.6 Å². The Morgan fingerprint density at radius 2 is 1.28 bits per heavy atom. The first-order valence-corrected chi connectivity index (χ1v) is 10.4. The van der Waals surface area contributed by atoms with Gasteiger partial charge in [-0.3, -0.25) is 9.59 Å². The zero-order valence-electron chi connectivity index (χ0n) is 16.8. The number of carbonyl (C=O) groups excluding carboxylic acids is 2. The van der Waals surface area contributed by atoms with Gasteiger partial charge in [-0.25, -0.2) is 0 Å². The van der Waals surface area contributed by atoms with Crippen LogP contribution in [0.15, 0.2) is 0 Å². The second-order valence-electron chi connectivity index (χ2n) is 6.99. The molecule has 0 aliphatic carbocycles. The van der Waals surface area contributed by atoms with Gasteiger partial charge in [0.1, 0.15) is 0 Å². The molecule has 0 fully saturated rings. The van der Waals surface area contributed by atoms with Crippen molar-refractivity contribution in [1.82, 2.24) is 0 Å². The first-order chi connectivity index (χ1) is 12.1. The molecule has 0 bridgehead atoms. The summed E-state index contributed by atoms with van der Waals surface area (Å²) in [7, 11) is 0. The molecular weight excluding hydrogens is 316 g/mol. The molecule has 0 saturated carbocycles. The Bertz CT molecular complexity index is 328. The lowest BCUT2D eigenvalue weighted by Gasteiger charge is -2.13. The van der Waals surface area contributed by atoms with Crippen LogP contribution in [0.1, 0.15) is 111 Å². The quantitative estimate of drug-likeness (QED) is 0.238. The molecule has 0 aromatic rings. The van der Waals surface area contributed by atoms with Crippen molar-refractivity contribution in [3.63, 3.8) is 0 Å². The molecule has 0 rings (SSSR count). The second-order valence-corrected chi connectivity index (χ2v) is 6.99. The van der Waals surface area contributed by atoms with Crippen molar-refractivity contribution in [3.05, 3.63) is 0 Å². The summed E-state index contributed by atoms with van der Waals surface area (Å²) in [6.45, 7) is 6.83. The Balaban J connectivity index is 3.48. The summed E-state index contributed by atoms with van der Waals surface area (Å²) in [5.41, 5.74) is 0. The predicted octanol–water partition coefficient (Wildman–Crippen LogP) is 5.96. The molecule has 0 spiro atoms. The van der Waals surface area contributed by atoms with E-state index in [2.05, 4.69) is 13.8 Å². The second kappa shape index (κ2) is 17.8. The minimum absolute atomic E-state index is 0.0241. The van der Waals surface area contributed by atoms with Gasteiger partial charge in [0.2, 0.25) is 0 Å². The highest BCUT2D eigenvalue weighted by atomic mass is 16.5. The van der Waals surface area contributed by atoms with E-state index in [0.717, 1.165) is 25.7 Å². The Morgan fingerprint density at radius 3 is 1.96 bits per heavy atom. The van der Waals surface area contributed by atoms with Crippen LogP contribution in [-0.4, -0.2) is 24.6 Å². The van der Waals surface area contributed by atoms with E-state index < -0.39 is 0 Å². The maximum atomic E-state index is 11.7. The summed E-state index contributed by atoms with van der Waals surface area (Å²) in [6, 6.07) is 0. The summed E-state index contributed by atoms with van der Waals surface area (Å²) in [6.07, 6.45) is 13.8. The first-order valence-electron chi connectivity index (χ1n) is 10.4. The maximum Gasteiger partial charge on any atom is 0.306 e. The average Bonchev–Trinajstić information content (AvgIpc) is 2.58. The van der Waals surface area contributed by atoms with Crippen molar-refractivity contribution in [3.8, 4) is 0 Å². The highest BCUT2D eigenvalue weighted by Crippen LogP contribution is 2.10. The smallest absolute Gasteiger partial charge is 0.306 e. The van der Waals surface area contributed by atoms with Gasteiger partial charge in [0.05, 0.1) is 12.7 Å². The number of carbonyl (C=O) groups is 2. The largest absolute Gasteiger partial charge is 0.466 e. The summed E-state index contributed by atoms with van der Waals surface area (Å²) in [4.78, 5) is 23.3. The SMILES string of the molecule is CCCCCCCCOC(=O)CCCC(=O)OC(C)CCCCCC. The standard InChI is InChI=1S/C21H40O4/c1-4-6-8-10-11-13-18-24-20(22)16-14-17-21(23)25-19(3)15-12-9-7-5-2/h19H,4-18H2,1-3H3. The van der Waals surface area contributed by atoms with Gasteiger partial charge >= 0.3 is 11.9 Å². The molecule has 0 aromatic carbocycles. The van der Waals surface area contributed by atoms with Crippen LogP contribution >= 0.6 is 0 Å². The van der Waals surface area contributed by atoms with Crippen molar-refractivity contribution in [1.29, 1.82) is 0 Å². The van der Waals surface area contributed by atoms with Crippen molar-refractivity contribution in [2.24, 2.45) is 0 Å². The molecular formula is C21H40O4. The minimum atomic E-state index is -0.202. The van der Waals surface area contributed by atoms with E-state index >= 15 is 0 Å². The van der Waals surface area contributed by atoms with E-state index in [1.165, 1.54) is 44.9 Å². The van der Waals surface area contributed by atoms with Crippen molar-refractivity contribution < 1.29 is 19.1 Å². The molecule has 0 heterocycles. The molecule has 0 saturated heterocycles. The van der Waals surface area contributed by atoms with Crippen LogP contribution in [0.2, 0.25) is 0 Å². The van der Waals surface area contributed by atoms with Crippen molar-refractivity contribution in [2.45, 2.75) is 117 Å². The summed E-state index contributed by atoms with van der Waals surface area (Å²) in [5, 5.41) is 0. The Labute approximate surface area is 155 Å². The fraction of sp³-hybridized carbons (Fsp3) is 0.905. The van der Waals surface area contributed by atoms with Crippen LogP contribution in [0.3, 0.4) is 0 Å². The molecule has 1 atom stereocenters. The lowest BCUT2D eigenvalue weighted by molar-refractivity contribution is -0.149. The van der Waals surface area contributed by atoms with Gasteiger partial charge in [-0.15, -0.1) is 0 Å². The van der Waals surface area contributed by atoms with Crippen LogP contribution in [-0.2, 0) is 19.1 Å². The average molecular weight is 357 g/mol. The molecule has 25 heavy (non-hydrogen) atoms. The number of hydrogen-bond donors (Lipinski definition) is 0. The van der Waals surface area contributed by atoms with Crippen LogP contribution < -0.4 is 0 Å². The zero-order chi connectivity index (χ0) is 18.8. The summed E-state index contributed by atoms with van der Waals surface area (Å²) in [5.74, 6) is -0.402. The van der Waals surface area contributed by atoms with Crippen molar-refractivity contribution in [2.75, 3.05) is 6.61 Å². The van der Waals surface area contributed by atoms with Gasteiger partial charge in [-0.2, -0.15) is 0 Å². The molecule has 1 unspecified atom stereocenters. The highest BCUT2D eigenvalue weighted by Gasteiger charge is 2.11. The fourth-order valence-corrected chi connectivity index (χ4v) is 2.72. The van der Waals surface area contributed by atoms with Crippen LogP contribution in [0, 0.1) is 0 Å². The van der Waals surface area contributed by atoms with E-state index in [1.807, 2.05) is 6.92 Å². The number of esters is 2. The molecule has 148 valence electrons. The molecule has 0 aliphatic heterocycles. The topological polar surface area (TPSA) is 52.6 Å². The Kier molecular flexibility index (Phi) is 17.0. The lowest BCUT2D eigenvalue weighted by atomic mass is 10.1. The molecule has 4 nitrogen and oxygen atoms in total. The minimum Gasteiger partial charge on any atom is -0.466 e. The predicted molar refractivity (Wildman–Crippen MR) is 102 cm³/mol. The van der Waals surface area contributed by atoms with Gasteiger partial charge in [0, 0.05) is 12.8 Å². The monoisotopic (exact) mass is 356 g/mol. The number of rotatable bonds is 17. The Morgan fingerprint density at radius 1 is 0.720 bits per heavy atom. The van der Waals surface area contributed by atoms with E-state index in [9.17, 15) is 9.59 Å². The lowest BCUT2D eigenvalue weighted by Crippen LogP contribution is -2.15. The molecule has 4 heteroatoms. The van der Waals surface area contributed by atoms with Crippen molar-refractivity contribution >= 4 is 11.9 Å². The number of unbranched alkanes of at least 4 members (excludes halogenated alkanes) is 8.